The summed E-state index contributed by atoms with van der Waals surface area (Å²) in [5, 5.41) is 1.63. The highest BCUT2D eigenvalue weighted by Gasteiger charge is 2.17. The lowest BCUT2D eigenvalue weighted by molar-refractivity contribution is -0.131. The molecule has 1 aromatic rings. The van der Waals surface area contributed by atoms with Crippen LogP contribution in [0, 0.1) is 5.82 Å². The van der Waals surface area contributed by atoms with Gasteiger partial charge in [0.05, 0.1) is 6.42 Å². The van der Waals surface area contributed by atoms with Gasteiger partial charge in [-0.1, -0.05) is 12.1 Å². The molecular weight excluding hydrogens is 195 g/mol. The summed E-state index contributed by atoms with van der Waals surface area (Å²) >= 11 is 0. The summed E-state index contributed by atoms with van der Waals surface area (Å²) in [7, 11) is 0. The standard InChI is InChI=1S/C11H13FN2O/c12-10-4-2-9(3-5-10)8-11(15)14-7-1-6-13-14/h2-5,13H,1,6-8H2. The highest BCUT2D eigenvalue weighted by atomic mass is 19.1. The molecule has 0 radical (unpaired) electrons. The zero-order valence-corrected chi connectivity index (χ0v) is 8.37. The molecule has 0 unspecified atom stereocenters. The number of hydrazine groups is 1. The lowest BCUT2D eigenvalue weighted by Gasteiger charge is -2.15. The van der Waals surface area contributed by atoms with Gasteiger partial charge < -0.3 is 0 Å². The summed E-state index contributed by atoms with van der Waals surface area (Å²) in [6.07, 6.45) is 1.32. The first kappa shape index (κ1) is 10.1. The van der Waals surface area contributed by atoms with Gasteiger partial charge in [-0.3, -0.25) is 9.80 Å². The first-order chi connectivity index (χ1) is 7.25. The summed E-state index contributed by atoms with van der Waals surface area (Å²) in [4.78, 5) is 11.7. The molecule has 0 spiro atoms. The van der Waals surface area contributed by atoms with Gasteiger partial charge in [0.1, 0.15) is 5.82 Å². The third-order valence-corrected chi connectivity index (χ3v) is 2.43. The zero-order chi connectivity index (χ0) is 10.7. The van der Waals surface area contributed by atoms with Gasteiger partial charge in [-0.05, 0) is 24.1 Å². The number of amides is 1. The van der Waals surface area contributed by atoms with Crippen molar-refractivity contribution in [3.05, 3.63) is 35.6 Å². The van der Waals surface area contributed by atoms with Gasteiger partial charge in [0, 0.05) is 13.1 Å². The highest BCUT2D eigenvalue weighted by Crippen LogP contribution is 2.06. The summed E-state index contributed by atoms with van der Waals surface area (Å²) in [6.45, 7) is 1.62. The van der Waals surface area contributed by atoms with Crippen LogP contribution in [0.25, 0.3) is 0 Å². The van der Waals surface area contributed by atoms with Crippen molar-refractivity contribution in [2.45, 2.75) is 12.8 Å². The second kappa shape index (κ2) is 4.40. The Bertz CT molecular complexity index is 344. The van der Waals surface area contributed by atoms with E-state index in [1.165, 1.54) is 12.1 Å². The molecule has 1 fully saturated rings. The first-order valence-corrected chi connectivity index (χ1v) is 5.04. The van der Waals surface area contributed by atoms with Gasteiger partial charge in [-0.25, -0.2) is 9.82 Å². The van der Waals surface area contributed by atoms with E-state index in [9.17, 15) is 9.18 Å². The molecule has 0 atom stereocenters. The van der Waals surface area contributed by atoms with Crippen LogP contribution in [-0.2, 0) is 11.2 Å². The topological polar surface area (TPSA) is 32.3 Å². The number of nitrogens with one attached hydrogen (secondary N) is 1. The minimum absolute atomic E-state index is 0.0408. The maximum absolute atomic E-state index is 12.6. The first-order valence-electron chi connectivity index (χ1n) is 5.04. The number of hydrogen-bond donors (Lipinski definition) is 1. The van der Waals surface area contributed by atoms with Crippen LogP contribution in [-0.4, -0.2) is 24.0 Å². The summed E-state index contributed by atoms with van der Waals surface area (Å²) in [6, 6.07) is 6.03. The molecule has 15 heavy (non-hydrogen) atoms. The lowest BCUT2D eigenvalue weighted by Crippen LogP contribution is -2.37. The fourth-order valence-electron chi connectivity index (χ4n) is 1.62. The highest BCUT2D eigenvalue weighted by molar-refractivity contribution is 5.78. The molecule has 1 aliphatic heterocycles. The lowest BCUT2D eigenvalue weighted by atomic mass is 10.1. The molecule has 1 heterocycles. The van der Waals surface area contributed by atoms with Gasteiger partial charge in [0.25, 0.3) is 0 Å². The summed E-state index contributed by atoms with van der Waals surface area (Å²) in [5.74, 6) is -0.232. The van der Waals surface area contributed by atoms with Crippen LogP contribution in [0.1, 0.15) is 12.0 Å². The Kier molecular flexibility index (Phi) is 2.97. The monoisotopic (exact) mass is 208 g/mol. The van der Waals surface area contributed by atoms with Crippen LogP contribution in [0.3, 0.4) is 0 Å². The molecule has 0 aromatic heterocycles. The Morgan fingerprint density at radius 1 is 1.40 bits per heavy atom. The van der Waals surface area contributed by atoms with Crippen molar-refractivity contribution >= 4 is 5.91 Å². The number of nitrogens with zero attached hydrogens (tertiary/aromatic N) is 1. The number of hydrogen-bond acceptors (Lipinski definition) is 2. The normalized spacial score (nSPS) is 15.7. The molecule has 0 aliphatic carbocycles. The van der Waals surface area contributed by atoms with Crippen LogP contribution >= 0.6 is 0 Å². The largest absolute Gasteiger partial charge is 0.278 e. The predicted molar refractivity (Wildman–Crippen MR) is 54.4 cm³/mol. The fourth-order valence-corrected chi connectivity index (χ4v) is 1.62. The van der Waals surface area contributed by atoms with Crippen molar-refractivity contribution in [1.82, 2.24) is 10.4 Å². The van der Waals surface area contributed by atoms with E-state index in [1.807, 2.05) is 0 Å². The van der Waals surface area contributed by atoms with Crippen LogP contribution in [0.2, 0.25) is 0 Å². The van der Waals surface area contributed by atoms with Gasteiger partial charge in [-0.15, -0.1) is 0 Å². The number of halogens is 1. The number of carbonyl (C=O) groups is 1. The molecule has 3 nitrogen and oxygen atoms in total. The Hall–Kier alpha value is -1.42. The molecule has 1 aromatic carbocycles. The Labute approximate surface area is 87.9 Å². The summed E-state index contributed by atoms with van der Waals surface area (Å²) < 4.78 is 12.6. The van der Waals surface area contributed by atoms with Gasteiger partial charge in [0.15, 0.2) is 0 Å². The number of benzene rings is 1. The molecule has 4 heteroatoms. The van der Waals surface area contributed by atoms with Gasteiger partial charge in [0.2, 0.25) is 5.91 Å². The maximum atomic E-state index is 12.6. The van der Waals surface area contributed by atoms with Gasteiger partial charge in [-0.2, -0.15) is 0 Å². The molecule has 1 amide bonds. The molecule has 80 valence electrons. The van der Waals surface area contributed by atoms with Gasteiger partial charge >= 0.3 is 0 Å². The van der Waals surface area contributed by atoms with E-state index >= 15 is 0 Å². The minimum atomic E-state index is -0.273. The van der Waals surface area contributed by atoms with Crippen molar-refractivity contribution in [3.8, 4) is 0 Å². The average Bonchev–Trinajstić information content (AvgIpc) is 2.74. The Morgan fingerprint density at radius 3 is 2.73 bits per heavy atom. The van der Waals surface area contributed by atoms with Crippen LogP contribution in [0.15, 0.2) is 24.3 Å². The van der Waals surface area contributed by atoms with E-state index < -0.39 is 0 Å². The maximum Gasteiger partial charge on any atom is 0.241 e. The number of rotatable bonds is 2. The SMILES string of the molecule is O=C(Cc1ccc(F)cc1)N1CCCN1. The van der Waals surface area contributed by atoms with Crippen molar-refractivity contribution in [3.63, 3.8) is 0 Å². The molecule has 1 saturated heterocycles. The molecule has 0 saturated carbocycles. The van der Waals surface area contributed by atoms with Crippen molar-refractivity contribution in [1.29, 1.82) is 0 Å². The summed E-state index contributed by atoms with van der Waals surface area (Å²) in [5.41, 5.74) is 3.84. The fraction of sp³-hybridized carbons (Fsp3) is 0.364. The molecule has 1 aliphatic rings. The van der Waals surface area contributed by atoms with Crippen LogP contribution in [0.5, 0.6) is 0 Å². The second-order valence-corrected chi connectivity index (χ2v) is 3.61. The third kappa shape index (κ3) is 2.53. The van der Waals surface area contributed by atoms with E-state index in [4.69, 9.17) is 0 Å². The zero-order valence-electron chi connectivity index (χ0n) is 8.37. The molecular formula is C11H13FN2O. The number of carbonyl (C=O) groups excluding carboxylic acids is 1. The van der Waals surface area contributed by atoms with Crippen molar-refractivity contribution in [2.75, 3.05) is 13.1 Å². The second-order valence-electron chi connectivity index (χ2n) is 3.61. The van der Waals surface area contributed by atoms with Crippen LogP contribution < -0.4 is 5.43 Å². The van der Waals surface area contributed by atoms with E-state index in [2.05, 4.69) is 5.43 Å². The molecule has 1 N–H and O–H groups in total. The quantitative estimate of drug-likeness (QED) is 0.789. The minimum Gasteiger partial charge on any atom is -0.278 e. The smallest absolute Gasteiger partial charge is 0.241 e. The van der Waals surface area contributed by atoms with Crippen molar-refractivity contribution < 1.29 is 9.18 Å². The van der Waals surface area contributed by atoms with Crippen molar-refractivity contribution in [2.24, 2.45) is 0 Å². The van der Waals surface area contributed by atoms with Crippen LogP contribution in [0.4, 0.5) is 4.39 Å². The Morgan fingerprint density at radius 2 is 2.13 bits per heavy atom. The Balaban J connectivity index is 1.96. The van der Waals surface area contributed by atoms with E-state index in [1.54, 1.807) is 17.1 Å². The molecule has 0 bridgehead atoms. The van der Waals surface area contributed by atoms with E-state index in [0.29, 0.717) is 6.42 Å². The van der Waals surface area contributed by atoms with E-state index in [0.717, 1.165) is 25.1 Å². The molecule has 2 rings (SSSR count). The van der Waals surface area contributed by atoms with E-state index in [-0.39, 0.29) is 11.7 Å². The average molecular weight is 208 g/mol. The third-order valence-electron chi connectivity index (χ3n) is 2.43. The predicted octanol–water partition coefficient (Wildman–Crippen LogP) is 1.11.